The molecular formula is C14H20BBrO. The Kier molecular flexibility index (Phi) is 7.30. The molecule has 0 heterocycles. The maximum absolute atomic E-state index is 5.62. The molecule has 1 aromatic carbocycles. The Morgan fingerprint density at radius 1 is 1.24 bits per heavy atom. The van der Waals surface area contributed by atoms with E-state index in [2.05, 4.69) is 48.0 Å². The van der Waals surface area contributed by atoms with Crippen LogP contribution >= 0.6 is 15.9 Å². The van der Waals surface area contributed by atoms with Crippen LogP contribution in [-0.2, 0) is 11.3 Å². The summed E-state index contributed by atoms with van der Waals surface area (Å²) < 4.78 is 6.90. The van der Waals surface area contributed by atoms with Crippen molar-refractivity contribution in [3.63, 3.8) is 0 Å². The second-order valence-electron chi connectivity index (χ2n) is 4.10. The summed E-state index contributed by atoms with van der Waals surface area (Å²) in [7, 11) is 0. The van der Waals surface area contributed by atoms with Crippen molar-refractivity contribution in [2.24, 2.45) is 0 Å². The van der Waals surface area contributed by atoms with E-state index in [0.717, 1.165) is 0 Å². The second-order valence-corrected chi connectivity index (χ2v) is 5.02. The van der Waals surface area contributed by atoms with Crippen molar-refractivity contribution in [2.45, 2.75) is 33.1 Å². The second kappa shape index (κ2) is 8.54. The van der Waals surface area contributed by atoms with E-state index < -0.39 is 0 Å². The fraction of sp³-hybridized carbons (Fsp3) is 0.429. The van der Waals surface area contributed by atoms with Crippen molar-refractivity contribution in [1.82, 2.24) is 0 Å². The van der Waals surface area contributed by atoms with Gasteiger partial charge in [0.05, 0.1) is 13.2 Å². The number of halogens is 1. The van der Waals surface area contributed by atoms with Crippen LogP contribution in [0.2, 0.25) is 12.6 Å². The minimum Gasteiger partial charge on any atom is -0.373 e. The van der Waals surface area contributed by atoms with Crippen LogP contribution in [0, 0.1) is 0 Å². The molecule has 0 saturated heterocycles. The Morgan fingerprint density at radius 3 is 2.47 bits per heavy atom. The molecule has 0 bridgehead atoms. The van der Waals surface area contributed by atoms with Gasteiger partial charge in [-0.05, 0) is 9.95 Å². The van der Waals surface area contributed by atoms with Gasteiger partial charge in [-0.1, -0.05) is 78.8 Å². The summed E-state index contributed by atoms with van der Waals surface area (Å²) in [6, 6.07) is 10.3. The number of benzene rings is 1. The molecule has 0 aliphatic carbocycles. The van der Waals surface area contributed by atoms with Gasteiger partial charge >= 0.3 is 0 Å². The molecule has 0 spiro atoms. The zero-order valence-electron chi connectivity index (χ0n) is 10.7. The number of rotatable bonds is 7. The maximum Gasteiger partial charge on any atom is 0.184 e. The van der Waals surface area contributed by atoms with Crippen molar-refractivity contribution >= 4 is 22.6 Å². The third-order valence-electron chi connectivity index (χ3n) is 2.88. The Hall–Kier alpha value is -0.535. The highest BCUT2D eigenvalue weighted by Crippen LogP contribution is 2.16. The molecule has 0 radical (unpaired) electrons. The van der Waals surface area contributed by atoms with Crippen molar-refractivity contribution in [2.75, 3.05) is 6.61 Å². The smallest absolute Gasteiger partial charge is 0.184 e. The van der Waals surface area contributed by atoms with Gasteiger partial charge in [0.25, 0.3) is 0 Å². The molecule has 17 heavy (non-hydrogen) atoms. The van der Waals surface area contributed by atoms with E-state index in [1.54, 1.807) is 0 Å². The summed E-state index contributed by atoms with van der Waals surface area (Å²) in [5.74, 6) is 0. The predicted molar refractivity (Wildman–Crippen MR) is 79.8 cm³/mol. The topological polar surface area (TPSA) is 9.23 Å². The van der Waals surface area contributed by atoms with Gasteiger partial charge in [0.2, 0.25) is 0 Å². The Balaban J connectivity index is 2.30. The van der Waals surface area contributed by atoms with Crippen LogP contribution in [-0.4, -0.2) is 13.3 Å². The minimum atomic E-state index is 0.635. The highest BCUT2D eigenvalue weighted by atomic mass is 79.9. The van der Waals surface area contributed by atoms with E-state index in [1.807, 2.05) is 18.2 Å². The maximum atomic E-state index is 5.62. The minimum absolute atomic E-state index is 0.635. The van der Waals surface area contributed by atoms with Crippen LogP contribution < -0.4 is 0 Å². The van der Waals surface area contributed by atoms with Gasteiger partial charge in [-0.2, -0.15) is 0 Å². The number of ether oxygens (including phenoxy) is 1. The van der Waals surface area contributed by atoms with Crippen LogP contribution in [0.4, 0.5) is 0 Å². The quantitative estimate of drug-likeness (QED) is 0.529. The molecule has 92 valence electrons. The predicted octanol–water partition coefficient (Wildman–Crippen LogP) is 4.56. The van der Waals surface area contributed by atoms with Gasteiger partial charge in [-0.15, -0.1) is 0 Å². The Bertz CT molecular complexity index is 333. The molecule has 0 unspecified atom stereocenters. The zero-order chi connectivity index (χ0) is 12.5. The average molecular weight is 295 g/mol. The van der Waals surface area contributed by atoms with Crippen LogP contribution in [0.25, 0.3) is 0 Å². The number of hydrogen-bond acceptors (Lipinski definition) is 1. The Morgan fingerprint density at radius 2 is 1.88 bits per heavy atom. The van der Waals surface area contributed by atoms with E-state index in [1.165, 1.54) is 22.6 Å². The molecule has 0 saturated carbocycles. The first-order valence-corrected chi connectivity index (χ1v) is 7.04. The third kappa shape index (κ3) is 5.56. The normalized spacial score (nSPS) is 11.6. The highest BCUT2D eigenvalue weighted by Gasteiger charge is 2.11. The van der Waals surface area contributed by atoms with Crippen molar-refractivity contribution in [3.8, 4) is 0 Å². The van der Waals surface area contributed by atoms with E-state index in [9.17, 15) is 0 Å². The largest absolute Gasteiger partial charge is 0.373 e. The summed E-state index contributed by atoms with van der Waals surface area (Å²) in [4.78, 5) is 0. The summed E-state index contributed by atoms with van der Waals surface area (Å²) in [5, 5.41) is 0. The van der Waals surface area contributed by atoms with Crippen molar-refractivity contribution < 1.29 is 4.74 Å². The fourth-order valence-corrected chi connectivity index (χ4v) is 2.51. The summed E-state index contributed by atoms with van der Waals surface area (Å²) in [6.45, 7) is 6.42. The molecule has 0 fully saturated rings. The molecule has 0 N–H and O–H groups in total. The van der Waals surface area contributed by atoms with Crippen LogP contribution in [0.15, 0.2) is 40.8 Å². The monoisotopic (exact) mass is 294 g/mol. The molecule has 0 aliphatic heterocycles. The SMILES string of the molecule is CCB(CC)/C(Br)=C/COCc1ccccc1. The van der Waals surface area contributed by atoms with Gasteiger partial charge in [0, 0.05) is 0 Å². The summed E-state index contributed by atoms with van der Waals surface area (Å²) in [6.07, 6.45) is 4.49. The average Bonchev–Trinajstić information content (AvgIpc) is 2.37. The van der Waals surface area contributed by atoms with Crippen LogP contribution in [0.1, 0.15) is 19.4 Å². The van der Waals surface area contributed by atoms with Crippen molar-refractivity contribution in [3.05, 3.63) is 46.4 Å². The zero-order valence-corrected chi connectivity index (χ0v) is 12.2. The first kappa shape index (κ1) is 14.5. The van der Waals surface area contributed by atoms with E-state index in [0.29, 0.717) is 19.9 Å². The number of hydrogen-bond donors (Lipinski definition) is 0. The van der Waals surface area contributed by atoms with E-state index in [-0.39, 0.29) is 0 Å². The fourth-order valence-electron chi connectivity index (χ4n) is 1.73. The lowest BCUT2D eigenvalue weighted by Gasteiger charge is -2.07. The van der Waals surface area contributed by atoms with Gasteiger partial charge in [-0.3, -0.25) is 0 Å². The molecule has 1 aromatic rings. The summed E-state index contributed by atoms with van der Waals surface area (Å²) >= 11 is 3.63. The molecule has 0 amide bonds. The first-order valence-electron chi connectivity index (χ1n) is 6.25. The van der Waals surface area contributed by atoms with Gasteiger partial charge in [0.1, 0.15) is 0 Å². The molecule has 1 rings (SSSR count). The highest BCUT2D eigenvalue weighted by molar-refractivity contribution is 9.12. The lowest BCUT2D eigenvalue weighted by molar-refractivity contribution is 0.148. The molecule has 1 nitrogen and oxygen atoms in total. The van der Waals surface area contributed by atoms with Crippen molar-refractivity contribution in [1.29, 1.82) is 0 Å². The lowest BCUT2D eigenvalue weighted by Crippen LogP contribution is -2.10. The molecule has 0 atom stereocenters. The van der Waals surface area contributed by atoms with Gasteiger partial charge in [-0.25, -0.2) is 0 Å². The standard InChI is InChI=1S/C14H20BBrO/c1-3-15(4-2)14(16)10-11-17-12-13-8-6-5-7-9-13/h5-10H,3-4,11-12H2,1-2H3/b14-10-. The Labute approximate surface area is 113 Å². The van der Waals surface area contributed by atoms with Gasteiger partial charge < -0.3 is 4.74 Å². The van der Waals surface area contributed by atoms with E-state index in [4.69, 9.17) is 4.74 Å². The molecule has 3 heteroatoms. The van der Waals surface area contributed by atoms with Gasteiger partial charge in [0.15, 0.2) is 6.71 Å². The molecular weight excluding hydrogens is 275 g/mol. The first-order chi connectivity index (χ1) is 8.27. The van der Waals surface area contributed by atoms with Crippen LogP contribution in [0.5, 0.6) is 0 Å². The molecule has 0 aliphatic rings. The third-order valence-corrected chi connectivity index (χ3v) is 3.85. The molecule has 0 aromatic heterocycles. The van der Waals surface area contributed by atoms with E-state index >= 15 is 0 Å². The summed E-state index contributed by atoms with van der Waals surface area (Å²) in [5.41, 5.74) is 1.22. The lowest BCUT2D eigenvalue weighted by atomic mass is 9.46. The van der Waals surface area contributed by atoms with Crippen LogP contribution in [0.3, 0.4) is 0 Å².